The average Bonchev–Trinajstić information content (AvgIpc) is 2.35. The number of imide groups is 1. The van der Waals surface area contributed by atoms with Crippen molar-refractivity contribution in [1.29, 1.82) is 0 Å². The van der Waals surface area contributed by atoms with Crippen molar-refractivity contribution in [2.24, 2.45) is 17.4 Å². The van der Waals surface area contributed by atoms with Crippen molar-refractivity contribution in [1.82, 2.24) is 5.32 Å². The molecule has 0 bridgehead atoms. The van der Waals surface area contributed by atoms with E-state index in [1.54, 1.807) is 0 Å². The van der Waals surface area contributed by atoms with Crippen LogP contribution < -0.4 is 16.8 Å². The number of hydrogen-bond acceptors (Lipinski definition) is 3. The largest absolute Gasteiger partial charge is 0.369 e. The van der Waals surface area contributed by atoms with Crippen LogP contribution in [0.5, 0.6) is 0 Å². The second-order valence-corrected chi connectivity index (χ2v) is 4.16. The van der Waals surface area contributed by atoms with Crippen LogP contribution in [0.25, 0.3) is 0 Å². The predicted octanol–water partition coefficient (Wildman–Crippen LogP) is 0.477. The Labute approximate surface area is 111 Å². The van der Waals surface area contributed by atoms with Crippen molar-refractivity contribution in [2.45, 2.75) is 19.3 Å². The van der Waals surface area contributed by atoms with Crippen LogP contribution in [0.1, 0.15) is 24.8 Å². The highest BCUT2D eigenvalue weighted by Crippen LogP contribution is 2.28. The van der Waals surface area contributed by atoms with Gasteiger partial charge in [-0.2, -0.15) is 0 Å². The van der Waals surface area contributed by atoms with Crippen molar-refractivity contribution in [2.75, 3.05) is 0 Å². The molecule has 19 heavy (non-hydrogen) atoms. The predicted molar refractivity (Wildman–Crippen MR) is 69.9 cm³/mol. The summed E-state index contributed by atoms with van der Waals surface area (Å²) in [4.78, 5) is 34.1. The van der Waals surface area contributed by atoms with Crippen molar-refractivity contribution in [3.05, 3.63) is 35.9 Å². The maximum atomic E-state index is 11.9. The van der Waals surface area contributed by atoms with E-state index >= 15 is 0 Å². The van der Waals surface area contributed by atoms with Gasteiger partial charge in [0, 0.05) is 5.92 Å². The van der Waals surface area contributed by atoms with Gasteiger partial charge in [0.05, 0.1) is 0 Å². The molecule has 0 saturated carbocycles. The Bertz CT molecular complexity index is 473. The van der Waals surface area contributed by atoms with Crippen LogP contribution in [0, 0.1) is 5.92 Å². The van der Waals surface area contributed by atoms with Crippen LogP contribution in [0.3, 0.4) is 0 Å². The number of nitrogens with one attached hydrogen (secondary N) is 1. The van der Waals surface area contributed by atoms with Gasteiger partial charge < -0.3 is 11.5 Å². The van der Waals surface area contributed by atoms with E-state index in [1.807, 2.05) is 42.6 Å². The molecule has 0 fully saturated rings. The second-order valence-electron chi connectivity index (χ2n) is 4.16. The lowest BCUT2D eigenvalue weighted by molar-refractivity contribution is -0.133. The average molecular weight is 263 g/mol. The molecule has 0 spiro atoms. The fraction of sp³-hybridized carbons (Fsp3) is 0.308. The van der Waals surface area contributed by atoms with Crippen LogP contribution in [-0.2, 0) is 9.59 Å². The van der Waals surface area contributed by atoms with Gasteiger partial charge in [-0.3, -0.25) is 14.9 Å². The Morgan fingerprint density at radius 1 is 1.16 bits per heavy atom. The SMILES string of the molecule is CC[C@@H](c1ccccc1)[C@H](C(N)=O)C(=O)NC(N)=O. The van der Waals surface area contributed by atoms with E-state index in [4.69, 9.17) is 11.5 Å². The number of rotatable bonds is 5. The smallest absolute Gasteiger partial charge is 0.318 e. The van der Waals surface area contributed by atoms with Gasteiger partial charge in [-0.05, 0) is 12.0 Å². The summed E-state index contributed by atoms with van der Waals surface area (Å²) in [6.45, 7) is 1.84. The minimum Gasteiger partial charge on any atom is -0.369 e. The molecule has 0 saturated heterocycles. The fourth-order valence-corrected chi connectivity index (χ4v) is 2.07. The zero-order chi connectivity index (χ0) is 14.4. The lowest BCUT2D eigenvalue weighted by atomic mass is 9.83. The Hall–Kier alpha value is -2.37. The summed E-state index contributed by atoms with van der Waals surface area (Å²) in [7, 11) is 0. The molecule has 0 unspecified atom stereocenters. The molecule has 6 heteroatoms. The van der Waals surface area contributed by atoms with Gasteiger partial charge in [-0.1, -0.05) is 37.3 Å². The van der Waals surface area contributed by atoms with E-state index in [0.29, 0.717) is 6.42 Å². The second kappa shape index (κ2) is 6.53. The highest BCUT2D eigenvalue weighted by atomic mass is 16.2. The number of carbonyl (C=O) groups excluding carboxylic acids is 3. The molecule has 0 aromatic heterocycles. The summed E-state index contributed by atoms with van der Waals surface area (Å²) in [5.41, 5.74) is 11.0. The number of carbonyl (C=O) groups is 3. The number of urea groups is 1. The molecule has 0 aliphatic heterocycles. The lowest BCUT2D eigenvalue weighted by Crippen LogP contribution is -2.46. The first-order valence-electron chi connectivity index (χ1n) is 5.92. The molecule has 0 aliphatic carbocycles. The first kappa shape index (κ1) is 14.7. The van der Waals surface area contributed by atoms with Crippen molar-refractivity contribution < 1.29 is 14.4 Å². The number of benzene rings is 1. The van der Waals surface area contributed by atoms with Gasteiger partial charge in [-0.25, -0.2) is 4.79 Å². The summed E-state index contributed by atoms with van der Waals surface area (Å²) in [6, 6.07) is 8.06. The third kappa shape index (κ3) is 3.80. The van der Waals surface area contributed by atoms with Gasteiger partial charge in [0.15, 0.2) is 0 Å². The molecule has 1 aromatic rings. The summed E-state index contributed by atoms with van der Waals surface area (Å²) in [6.07, 6.45) is 0.532. The van der Waals surface area contributed by atoms with Crippen LogP contribution >= 0.6 is 0 Å². The lowest BCUT2D eigenvalue weighted by Gasteiger charge is -2.22. The molecular weight excluding hydrogens is 246 g/mol. The molecule has 6 nitrogen and oxygen atoms in total. The highest BCUT2D eigenvalue weighted by Gasteiger charge is 2.33. The van der Waals surface area contributed by atoms with E-state index in [2.05, 4.69) is 0 Å². The summed E-state index contributed by atoms with van der Waals surface area (Å²) >= 11 is 0. The Morgan fingerprint density at radius 3 is 2.16 bits per heavy atom. The topological polar surface area (TPSA) is 115 Å². The fourth-order valence-electron chi connectivity index (χ4n) is 2.07. The summed E-state index contributed by atoms with van der Waals surface area (Å²) in [5.74, 6) is -3.07. The van der Waals surface area contributed by atoms with Crippen LogP contribution in [0.2, 0.25) is 0 Å². The van der Waals surface area contributed by atoms with Gasteiger partial charge in [0.25, 0.3) is 0 Å². The van der Waals surface area contributed by atoms with E-state index in [-0.39, 0.29) is 0 Å². The zero-order valence-corrected chi connectivity index (χ0v) is 10.6. The first-order valence-corrected chi connectivity index (χ1v) is 5.92. The number of amides is 4. The van der Waals surface area contributed by atoms with E-state index in [9.17, 15) is 14.4 Å². The van der Waals surface area contributed by atoms with Crippen LogP contribution in [0.15, 0.2) is 30.3 Å². The third-order valence-corrected chi connectivity index (χ3v) is 2.91. The number of hydrogen-bond donors (Lipinski definition) is 3. The van der Waals surface area contributed by atoms with Crippen molar-refractivity contribution in [3.8, 4) is 0 Å². The van der Waals surface area contributed by atoms with E-state index in [1.165, 1.54) is 0 Å². The monoisotopic (exact) mass is 263 g/mol. The van der Waals surface area contributed by atoms with E-state index in [0.717, 1.165) is 5.56 Å². The molecule has 1 rings (SSSR count). The molecule has 4 amide bonds. The summed E-state index contributed by atoms with van der Waals surface area (Å²) in [5, 5.41) is 1.91. The maximum Gasteiger partial charge on any atom is 0.318 e. The molecule has 1 aromatic carbocycles. The molecule has 0 aliphatic rings. The maximum absolute atomic E-state index is 11.9. The van der Waals surface area contributed by atoms with Gasteiger partial charge in [0.2, 0.25) is 11.8 Å². The van der Waals surface area contributed by atoms with Gasteiger partial charge in [0.1, 0.15) is 5.92 Å². The number of primary amides is 2. The summed E-state index contributed by atoms with van der Waals surface area (Å²) < 4.78 is 0. The first-order chi connectivity index (χ1) is 8.97. The van der Waals surface area contributed by atoms with Gasteiger partial charge in [-0.15, -0.1) is 0 Å². The van der Waals surface area contributed by atoms with Crippen LogP contribution in [-0.4, -0.2) is 17.8 Å². The Balaban J connectivity index is 3.06. The quantitative estimate of drug-likeness (QED) is 0.671. The zero-order valence-electron chi connectivity index (χ0n) is 10.6. The highest BCUT2D eigenvalue weighted by molar-refractivity contribution is 6.06. The van der Waals surface area contributed by atoms with Crippen LogP contribution in [0.4, 0.5) is 4.79 Å². The van der Waals surface area contributed by atoms with E-state index < -0.39 is 29.7 Å². The van der Waals surface area contributed by atoms with Crippen molar-refractivity contribution >= 4 is 17.8 Å². The molecular formula is C13H17N3O3. The Kier molecular flexibility index (Phi) is 5.05. The molecule has 2 atom stereocenters. The molecule has 0 radical (unpaired) electrons. The Morgan fingerprint density at radius 2 is 1.74 bits per heavy atom. The third-order valence-electron chi connectivity index (χ3n) is 2.91. The van der Waals surface area contributed by atoms with Crippen molar-refractivity contribution in [3.63, 3.8) is 0 Å². The standard InChI is InChI=1S/C13H17N3O3/c1-2-9(8-6-4-3-5-7-8)10(11(14)17)12(18)16-13(15)19/h3-7,9-10H,2H2,1H3,(H2,14,17)(H3,15,16,18,19)/t9-,10+/m0/s1. The normalized spacial score (nSPS) is 13.3. The molecule has 5 N–H and O–H groups in total. The van der Waals surface area contributed by atoms with Gasteiger partial charge >= 0.3 is 6.03 Å². The molecule has 102 valence electrons. The molecule has 0 heterocycles. The minimum atomic E-state index is -1.13. The minimum absolute atomic E-state index is 0.391. The number of nitrogens with two attached hydrogens (primary N) is 2.